The lowest BCUT2D eigenvalue weighted by Crippen LogP contribution is -2.49. The number of benzene rings is 1. The molecule has 1 aromatic carbocycles. The summed E-state index contributed by atoms with van der Waals surface area (Å²) in [5.74, 6) is -0.296. The number of rotatable bonds is 5. The molecule has 1 atom stereocenters. The minimum absolute atomic E-state index is 0.162. The van der Waals surface area contributed by atoms with Gasteiger partial charge in [-0.2, -0.15) is 0 Å². The molecule has 1 aliphatic heterocycles. The van der Waals surface area contributed by atoms with E-state index in [1.807, 2.05) is 0 Å². The van der Waals surface area contributed by atoms with Crippen molar-refractivity contribution >= 4 is 17.5 Å². The van der Waals surface area contributed by atoms with Crippen molar-refractivity contribution in [2.45, 2.75) is 51.8 Å². The van der Waals surface area contributed by atoms with E-state index in [4.69, 9.17) is 16.3 Å². The Bertz CT molecular complexity index is 545. The monoisotopic (exact) mass is 342 g/mol. The summed E-state index contributed by atoms with van der Waals surface area (Å²) in [6.07, 6.45) is 1.20. The molecule has 0 radical (unpaired) electrons. The third kappa shape index (κ3) is 5.08. The van der Waals surface area contributed by atoms with E-state index >= 15 is 0 Å². The fourth-order valence-electron chi connectivity index (χ4n) is 2.69. The maximum absolute atomic E-state index is 13.0. The second-order valence-corrected chi connectivity index (χ2v) is 6.65. The minimum Gasteiger partial charge on any atom is -0.479 e. The normalized spacial score (nSPS) is 18.0. The number of ether oxygens (including phenoxy) is 1. The molecular weight excluding hydrogens is 319 g/mol. The van der Waals surface area contributed by atoms with Gasteiger partial charge in [-0.25, -0.2) is 4.39 Å². The first-order valence-electron chi connectivity index (χ1n) is 8.03. The molecule has 0 spiro atoms. The van der Waals surface area contributed by atoms with Crippen LogP contribution < -0.4 is 10.1 Å². The molecule has 1 N–H and O–H groups in total. The molecule has 128 valence electrons. The lowest BCUT2D eigenvalue weighted by Gasteiger charge is -2.35. The van der Waals surface area contributed by atoms with Crippen molar-refractivity contribution in [3.05, 3.63) is 29.0 Å². The predicted molar refractivity (Wildman–Crippen MR) is 89.4 cm³/mol. The summed E-state index contributed by atoms with van der Waals surface area (Å²) < 4.78 is 18.6. The molecule has 4 nitrogen and oxygen atoms in total. The van der Waals surface area contributed by atoms with E-state index in [0.717, 1.165) is 25.9 Å². The fourth-order valence-corrected chi connectivity index (χ4v) is 2.91. The zero-order valence-corrected chi connectivity index (χ0v) is 14.6. The molecule has 1 amide bonds. The smallest absolute Gasteiger partial charge is 0.260 e. The van der Waals surface area contributed by atoms with Gasteiger partial charge >= 0.3 is 0 Å². The summed E-state index contributed by atoms with van der Waals surface area (Å²) in [7, 11) is 0. The van der Waals surface area contributed by atoms with Crippen LogP contribution in [0.5, 0.6) is 5.75 Å². The fraction of sp³-hybridized carbons (Fsp3) is 0.588. The topological polar surface area (TPSA) is 41.6 Å². The van der Waals surface area contributed by atoms with Crippen molar-refractivity contribution in [3.63, 3.8) is 0 Å². The highest BCUT2D eigenvalue weighted by Gasteiger charge is 2.24. The van der Waals surface area contributed by atoms with Gasteiger partial charge in [-0.05, 0) is 51.8 Å². The Morgan fingerprint density at radius 1 is 1.35 bits per heavy atom. The number of nitrogens with one attached hydrogen (secondary N) is 1. The van der Waals surface area contributed by atoms with E-state index in [2.05, 4.69) is 24.1 Å². The molecule has 6 heteroatoms. The molecular formula is C17H24ClFN2O2. The second-order valence-electron chi connectivity index (χ2n) is 6.25. The third-order valence-electron chi connectivity index (χ3n) is 4.17. The highest BCUT2D eigenvalue weighted by molar-refractivity contribution is 6.32. The summed E-state index contributed by atoms with van der Waals surface area (Å²) in [4.78, 5) is 14.6. The summed E-state index contributed by atoms with van der Waals surface area (Å²) in [5.41, 5.74) is 0. The largest absolute Gasteiger partial charge is 0.479 e. The lowest BCUT2D eigenvalue weighted by atomic mass is 10.0. The van der Waals surface area contributed by atoms with Crippen molar-refractivity contribution in [2.24, 2.45) is 0 Å². The number of carbonyl (C=O) groups excluding carboxylic acids is 1. The standard InChI is InChI=1S/C17H24ClFN2O2/c1-11(2)21-8-6-14(7-9-21)20-17(22)12(3)23-16-5-4-13(19)10-15(16)18/h4-5,10-12,14H,6-9H2,1-3H3,(H,20,22). The highest BCUT2D eigenvalue weighted by Crippen LogP contribution is 2.26. The predicted octanol–water partition coefficient (Wildman–Crippen LogP) is 3.24. The van der Waals surface area contributed by atoms with Crippen molar-refractivity contribution in [3.8, 4) is 5.75 Å². The Hall–Kier alpha value is -1.33. The molecule has 0 saturated carbocycles. The van der Waals surface area contributed by atoms with Gasteiger partial charge in [0.1, 0.15) is 11.6 Å². The first kappa shape index (κ1) is 18.0. The highest BCUT2D eigenvalue weighted by atomic mass is 35.5. The Labute approximate surface area is 141 Å². The van der Waals surface area contributed by atoms with Crippen molar-refractivity contribution in [2.75, 3.05) is 13.1 Å². The summed E-state index contributed by atoms with van der Waals surface area (Å²) in [5, 5.41) is 3.18. The molecule has 2 rings (SSSR count). The summed E-state index contributed by atoms with van der Waals surface area (Å²) >= 11 is 5.91. The number of carbonyl (C=O) groups is 1. The third-order valence-corrected chi connectivity index (χ3v) is 4.47. The molecule has 1 aliphatic rings. The molecule has 0 aromatic heterocycles. The number of nitrogens with zero attached hydrogens (tertiary/aromatic N) is 1. The van der Waals surface area contributed by atoms with Gasteiger partial charge in [0.25, 0.3) is 5.91 Å². The van der Waals surface area contributed by atoms with Gasteiger partial charge in [-0.3, -0.25) is 4.79 Å². The lowest BCUT2D eigenvalue weighted by molar-refractivity contribution is -0.128. The van der Waals surface area contributed by atoms with Crippen molar-refractivity contribution in [1.29, 1.82) is 0 Å². The number of amides is 1. The molecule has 1 fully saturated rings. The molecule has 0 bridgehead atoms. The van der Waals surface area contributed by atoms with Gasteiger partial charge < -0.3 is 15.0 Å². The number of hydrogen-bond donors (Lipinski definition) is 1. The zero-order valence-electron chi connectivity index (χ0n) is 13.8. The average molecular weight is 343 g/mol. The maximum atomic E-state index is 13.0. The number of hydrogen-bond acceptors (Lipinski definition) is 3. The number of piperidine rings is 1. The molecule has 1 aromatic rings. The van der Waals surface area contributed by atoms with Crippen LogP contribution in [0.1, 0.15) is 33.6 Å². The minimum atomic E-state index is -0.680. The second kappa shape index (κ2) is 7.97. The molecule has 0 aliphatic carbocycles. The van der Waals surface area contributed by atoms with Crippen LogP contribution >= 0.6 is 11.6 Å². The van der Waals surface area contributed by atoms with E-state index in [1.165, 1.54) is 18.2 Å². The Balaban J connectivity index is 1.83. The van der Waals surface area contributed by atoms with Crippen LogP contribution in [0, 0.1) is 5.82 Å². The maximum Gasteiger partial charge on any atom is 0.260 e. The Morgan fingerprint density at radius 2 is 2.00 bits per heavy atom. The molecule has 1 heterocycles. The van der Waals surface area contributed by atoms with Crippen LogP contribution in [-0.4, -0.2) is 42.1 Å². The summed E-state index contributed by atoms with van der Waals surface area (Å²) in [6, 6.07) is 4.57. The van der Waals surface area contributed by atoms with E-state index in [-0.39, 0.29) is 17.0 Å². The SMILES string of the molecule is CC(Oc1ccc(F)cc1Cl)C(=O)NC1CCN(C(C)C)CC1. The molecule has 1 saturated heterocycles. The van der Waals surface area contributed by atoms with E-state index in [0.29, 0.717) is 11.8 Å². The first-order chi connectivity index (χ1) is 10.9. The van der Waals surface area contributed by atoms with Crippen LogP contribution in [0.4, 0.5) is 4.39 Å². The first-order valence-corrected chi connectivity index (χ1v) is 8.40. The van der Waals surface area contributed by atoms with Gasteiger partial charge in [-0.1, -0.05) is 11.6 Å². The summed E-state index contributed by atoms with van der Waals surface area (Å²) in [6.45, 7) is 8.00. The quantitative estimate of drug-likeness (QED) is 0.893. The van der Waals surface area contributed by atoms with Gasteiger partial charge in [0.05, 0.1) is 5.02 Å². The van der Waals surface area contributed by atoms with Crippen LogP contribution in [-0.2, 0) is 4.79 Å². The van der Waals surface area contributed by atoms with Crippen molar-refractivity contribution < 1.29 is 13.9 Å². The number of likely N-dealkylation sites (tertiary alicyclic amines) is 1. The molecule has 1 unspecified atom stereocenters. The van der Waals surface area contributed by atoms with Crippen LogP contribution in [0.15, 0.2) is 18.2 Å². The van der Waals surface area contributed by atoms with Gasteiger partial charge in [0.15, 0.2) is 6.10 Å². The van der Waals surface area contributed by atoms with E-state index < -0.39 is 11.9 Å². The molecule has 23 heavy (non-hydrogen) atoms. The van der Waals surface area contributed by atoms with E-state index in [9.17, 15) is 9.18 Å². The van der Waals surface area contributed by atoms with Crippen LogP contribution in [0.3, 0.4) is 0 Å². The average Bonchev–Trinajstić information content (AvgIpc) is 2.50. The van der Waals surface area contributed by atoms with Gasteiger partial charge in [0, 0.05) is 25.2 Å². The van der Waals surface area contributed by atoms with Gasteiger partial charge in [0.2, 0.25) is 0 Å². The van der Waals surface area contributed by atoms with Gasteiger partial charge in [-0.15, -0.1) is 0 Å². The Morgan fingerprint density at radius 3 is 2.57 bits per heavy atom. The van der Waals surface area contributed by atoms with Crippen molar-refractivity contribution in [1.82, 2.24) is 10.2 Å². The Kier molecular flexibility index (Phi) is 6.25. The number of halogens is 2. The van der Waals surface area contributed by atoms with E-state index in [1.54, 1.807) is 6.92 Å². The van der Waals surface area contributed by atoms with Crippen LogP contribution in [0.2, 0.25) is 5.02 Å². The van der Waals surface area contributed by atoms with Crippen LogP contribution in [0.25, 0.3) is 0 Å². The zero-order chi connectivity index (χ0) is 17.0.